The third kappa shape index (κ3) is 9.08. The van der Waals surface area contributed by atoms with Gasteiger partial charge in [0.05, 0.1) is 12.4 Å². The van der Waals surface area contributed by atoms with Crippen LogP contribution in [0.15, 0.2) is 0 Å². The van der Waals surface area contributed by atoms with Crippen LogP contribution in [0.1, 0.15) is 20.8 Å². The normalized spacial score (nSPS) is 14.4. The Morgan fingerprint density at radius 1 is 1.47 bits per heavy atom. The van der Waals surface area contributed by atoms with Crippen LogP contribution in [-0.4, -0.2) is 51.1 Å². The predicted octanol–water partition coefficient (Wildman–Crippen LogP) is -0.710. The maximum Gasteiger partial charge on any atom is 0.235 e. The molecule has 0 aliphatic heterocycles. The number of rotatable bonds is 7. The number of amides is 1. The number of nitrogens with one attached hydrogen (secondary N) is 1. The number of hydrogen-bond acceptors (Lipinski definition) is 5. The van der Waals surface area contributed by atoms with Gasteiger partial charge in [0.15, 0.2) is 9.84 Å². The first-order valence-electron chi connectivity index (χ1n) is 5.33. The number of carbonyl (C=O) groups excluding carboxylic acids is 1. The number of nitrogens with two attached hydrogens (primary N) is 1. The van der Waals surface area contributed by atoms with Crippen LogP contribution >= 0.6 is 0 Å². The van der Waals surface area contributed by atoms with Gasteiger partial charge in [-0.25, -0.2) is 8.42 Å². The van der Waals surface area contributed by atoms with Crippen molar-refractivity contribution in [1.29, 1.82) is 0 Å². The molecule has 102 valence electrons. The highest BCUT2D eigenvalue weighted by molar-refractivity contribution is 7.92. The predicted molar refractivity (Wildman–Crippen MR) is 66.4 cm³/mol. The molecule has 0 rings (SSSR count). The minimum absolute atomic E-state index is 0.214. The van der Waals surface area contributed by atoms with Gasteiger partial charge in [0, 0.05) is 18.7 Å². The Labute approximate surface area is 103 Å². The van der Waals surface area contributed by atoms with Gasteiger partial charge in [-0.2, -0.15) is 0 Å². The van der Waals surface area contributed by atoms with E-state index in [2.05, 4.69) is 5.32 Å². The van der Waals surface area contributed by atoms with Crippen LogP contribution in [0.4, 0.5) is 0 Å². The van der Waals surface area contributed by atoms with E-state index in [0.717, 1.165) is 0 Å². The quantitative estimate of drug-likeness (QED) is 0.634. The van der Waals surface area contributed by atoms with E-state index in [9.17, 15) is 13.2 Å². The summed E-state index contributed by atoms with van der Waals surface area (Å²) in [6.45, 7) is 5.29. The van der Waals surface area contributed by atoms with E-state index >= 15 is 0 Å². The molecule has 0 aromatic heterocycles. The minimum atomic E-state index is -3.48. The molecule has 3 N–H and O–H groups in total. The van der Waals surface area contributed by atoms with Gasteiger partial charge in [0.2, 0.25) is 5.91 Å². The van der Waals surface area contributed by atoms with E-state index in [1.54, 1.807) is 20.8 Å². The van der Waals surface area contributed by atoms with Gasteiger partial charge in [-0.15, -0.1) is 0 Å². The highest BCUT2D eigenvalue weighted by Crippen LogP contribution is 2.03. The topological polar surface area (TPSA) is 98.5 Å². The zero-order valence-electron chi connectivity index (χ0n) is 10.8. The SMILES string of the molecule is COCC(C)NC(=O)CS(=O)(=O)CC(C)(C)N. The lowest BCUT2D eigenvalue weighted by molar-refractivity contribution is -0.119. The van der Waals surface area contributed by atoms with Crippen molar-refractivity contribution >= 4 is 15.7 Å². The Kier molecular flexibility index (Phi) is 6.08. The van der Waals surface area contributed by atoms with Crippen LogP contribution in [0.5, 0.6) is 0 Å². The Bertz CT molecular complexity index is 346. The molecule has 0 radical (unpaired) electrons. The molecule has 7 heteroatoms. The lowest BCUT2D eigenvalue weighted by Gasteiger charge is -2.18. The first-order chi connectivity index (χ1) is 7.56. The fourth-order valence-corrected chi connectivity index (χ4v) is 3.14. The van der Waals surface area contributed by atoms with Crippen molar-refractivity contribution in [3.63, 3.8) is 0 Å². The number of hydrogen-bond donors (Lipinski definition) is 2. The van der Waals surface area contributed by atoms with E-state index in [4.69, 9.17) is 10.5 Å². The number of carbonyl (C=O) groups is 1. The number of methoxy groups -OCH3 is 1. The molecule has 0 aromatic carbocycles. The summed E-state index contributed by atoms with van der Waals surface area (Å²) in [6, 6.07) is -0.214. The number of ether oxygens (including phenoxy) is 1. The lowest BCUT2D eigenvalue weighted by Crippen LogP contribution is -2.44. The molecule has 1 unspecified atom stereocenters. The van der Waals surface area contributed by atoms with Crippen LogP contribution in [-0.2, 0) is 19.4 Å². The second kappa shape index (κ2) is 6.32. The monoisotopic (exact) mass is 266 g/mol. The average Bonchev–Trinajstić information content (AvgIpc) is 1.96. The van der Waals surface area contributed by atoms with E-state index in [1.807, 2.05) is 0 Å². The Morgan fingerprint density at radius 3 is 2.41 bits per heavy atom. The fraction of sp³-hybridized carbons (Fsp3) is 0.900. The van der Waals surface area contributed by atoms with Crippen molar-refractivity contribution in [3.05, 3.63) is 0 Å². The third-order valence-electron chi connectivity index (χ3n) is 1.77. The minimum Gasteiger partial charge on any atom is -0.383 e. The highest BCUT2D eigenvalue weighted by Gasteiger charge is 2.25. The summed E-state index contributed by atoms with van der Waals surface area (Å²) in [5, 5.41) is 2.54. The Balaban J connectivity index is 4.29. The van der Waals surface area contributed by atoms with Crippen LogP contribution in [0.3, 0.4) is 0 Å². The van der Waals surface area contributed by atoms with Gasteiger partial charge < -0.3 is 15.8 Å². The van der Waals surface area contributed by atoms with E-state index in [1.165, 1.54) is 7.11 Å². The highest BCUT2D eigenvalue weighted by atomic mass is 32.2. The molecule has 0 heterocycles. The van der Waals surface area contributed by atoms with Gasteiger partial charge in [-0.3, -0.25) is 4.79 Å². The second-order valence-electron chi connectivity index (χ2n) is 4.94. The molecule has 1 amide bonds. The molecule has 0 bridgehead atoms. The van der Waals surface area contributed by atoms with Crippen molar-refractivity contribution in [2.24, 2.45) is 5.73 Å². The molecule has 1 atom stereocenters. The summed E-state index contributed by atoms with van der Waals surface area (Å²) in [7, 11) is -1.97. The maximum atomic E-state index is 11.6. The zero-order chi connectivity index (χ0) is 13.7. The largest absolute Gasteiger partial charge is 0.383 e. The third-order valence-corrected chi connectivity index (χ3v) is 3.65. The molecular weight excluding hydrogens is 244 g/mol. The molecule has 0 spiro atoms. The second-order valence-corrected chi connectivity index (χ2v) is 7.01. The summed E-state index contributed by atoms with van der Waals surface area (Å²) >= 11 is 0. The van der Waals surface area contributed by atoms with Crippen molar-refractivity contribution in [1.82, 2.24) is 5.32 Å². The molecule has 6 nitrogen and oxygen atoms in total. The van der Waals surface area contributed by atoms with Gasteiger partial charge in [0.25, 0.3) is 0 Å². The summed E-state index contributed by atoms with van der Waals surface area (Å²) in [6.07, 6.45) is 0. The summed E-state index contributed by atoms with van der Waals surface area (Å²) < 4.78 is 28.1. The molecule has 17 heavy (non-hydrogen) atoms. The van der Waals surface area contributed by atoms with Crippen molar-refractivity contribution in [3.8, 4) is 0 Å². The molecule has 0 aliphatic carbocycles. The Morgan fingerprint density at radius 2 is 2.00 bits per heavy atom. The summed E-state index contributed by atoms with van der Waals surface area (Å²) in [5.41, 5.74) is 4.78. The standard InChI is InChI=1S/C10H22N2O4S/c1-8(5-16-4)12-9(13)6-17(14,15)7-10(2,3)11/h8H,5-7,11H2,1-4H3,(H,12,13). The van der Waals surface area contributed by atoms with E-state index in [-0.39, 0.29) is 11.8 Å². The van der Waals surface area contributed by atoms with Gasteiger partial charge in [-0.05, 0) is 20.8 Å². The molecule has 0 fully saturated rings. The van der Waals surface area contributed by atoms with Gasteiger partial charge in [0.1, 0.15) is 5.75 Å². The molecule has 0 saturated heterocycles. The van der Waals surface area contributed by atoms with E-state index < -0.39 is 27.0 Å². The summed E-state index contributed by atoms with van der Waals surface area (Å²) in [5.74, 6) is -1.29. The van der Waals surface area contributed by atoms with Crippen LogP contribution in [0.25, 0.3) is 0 Å². The average molecular weight is 266 g/mol. The lowest BCUT2D eigenvalue weighted by atomic mass is 10.1. The van der Waals surface area contributed by atoms with Gasteiger partial charge in [-0.1, -0.05) is 0 Å². The maximum absolute atomic E-state index is 11.6. The molecule has 0 aliphatic rings. The van der Waals surface area contributed by atoms with Crippen molar-refractivity contribution in [2.75, 3.05) is 25.2 Å². The summed E-state index contributed by atoms with van der Waals surface area (Å²) in [4.78, 5) is 11.4. The zero-order valence-corrected chi connectivity index (χ0v) is 11.6. The Hall–Kier alpha value is -0.660. The fourth-order valence-electron chi connectivity index (χ4n) is 1.43. The molecular formula is C10H22N2O4S. The first-order valence-corrected chi connectivity index (χ1v) is 7.15. The van der Waals surface area contributed by atoms with Gasteiger partial charge >= 0.3 is 0 Å². The number of sulfone groups is 1. The van der Waals surface area contributed by atoms with Crippen molar-refractivity contribution in [2.45, 2.75) is 32.4 Å². The van der Waals surface area contributed by atoms with Crippen molar-refractivity contribution < 1.29 is 17.9 Å². The van der Waals surface area contributed by atoms with Crippen LogP contribution in [0, 0.1) is 0 Å². The molecule has 0 saturated carbocycles. The van der Waals surface area contributed by atoms with Crippen LogP contribution in [0.2, 0.25) is 0 Å². The first kappa shape index (κ1) is 16.3. The smallest absolute Gasteiger partial charge is 0.235 e. The van der Waals surface area contributed by atoms with Crippen LogP contribution < -0.4 is 11.1 Å². The van der Waals surface area contributed by atoms with E-state index in [0.29, 0.717) is 6.61 Å². The molecule has 0 aromatic rings.